The lowest BCUT2D eigenvalue weighted by atomic mass is 10.1. The van der Waals surface area contributed by atoms with Crippen LogP contribution in [0.25, 0.3) is 0 Å². The molecule has 1 aliphatic heterocycles. The molecule has 2 aromatic rings. The van der Waals surface area contributed by atoms with E-state index in [2.05, 4.69) is 10.4 Å². The zero-order valence-electron chi connectivity index (χ0n) is 16.3. The predicted molar refractivity (Wildman–Crippen MR) is 104 cm³/mol. The summed E-state index contributed by atoms with van der Waals surface area (Å²) in [5, 5.41) is 7.21. The average Bonchev–Trinajstić information content (AvgIpc) is 2.65. The Bertz CT molecular complexity index is 947. The SMILES string of the molecule is CCOC(=O)N1CCc2nn(CC(=O)Nc3c(C)cccc3C)c(=O)cc2C1. The van der Waals surface area contributed by atoms with Crippen molar-refractivity contribution >= 4 is 17.7 Å². The van der Waals surface area contributed by atoms with Crippen LogP contribution in [0.3, 0.4) is 0 Å². The van der Waals surface area contributed by atoms with Gasteiger partial charge in [0, 0.05) is 30.3 Å². The van der Waals surface area contributed by atoms with Gasteiger partial charge in [0.15, 0.2) is 0 Å². The molecule has 8 heteroatoms. The Kier molecular flexibility index (Phi) is 5.77. The molecule has 8 nitrogen and oxygen atoms in total. The van der Waals surface area contributed by atoms with Gasteiger partial charge < -0.3 is 15.0 Å². The maximum Gasteiger partial charge on any atom is 0.410 e. The van der Waals surface area contributed by atoms with Gasteiger partial charge in [-0.05, 0) is 31.9 Å². The van der Waals surface area contributed by atoms with Crippen molar-refractivity contribution in [3.8, 4) is 0 Å². The smallest absolute Gasteiger partial charge is 0.410 e. The Labute approximate surface area is 163 Å². The quantitative estimate of drug-likeness (QED) is 0.870. The summed E-state index contributed by atoms with van der Waals surface area (Å²) in [6.45, 7) is 6.47. The van der Waals surface area contributed by atoms with Crippen LogP contribution in [0.15, 0.2) is 29.1 Å². The summed E-state index contributed by atoms with van der Waals surface area (Å²) in [7, 11) is 0. The highest BCUT2D eigenvalue weighted by Gasteiger charge is 2.24. The number of benzene rings is 1. The van der Waals surface area contributed by atoms with Crippen molar-refractivity contribution in [2.45, 2.75) is 40.3 Å². The van der Waals surface area contributed by atoms with E-state index in [1.165, 1.54) is 10.7 Å². The van der Waals surface area contributed by atoms with Gasteiger partial charge in [-0.15, -0.1) is 0 Å². The normalized spacial score (nSPS) is 13.0. The maximum atomic E-state index is 12.4. The first-order valence-electron chi connectivity index (χ1n) is 9.26. The Morgan fingerprint density at radius 1 is 1.25 bits per heavy atom. The van der Waals surface area contributed by atoms with Crippen molar-refractivity contribution in [3.63, 3.8) is 0 Å². The number of anilines is 1. The van der Waals surface area contributed by atoms with Crippen molar-refractivity contribution < 1.29 is 14.3 Å². The van der Waals surface area contributed by atoms with Crippen LogP contribution in [-0.2, 0) is 29.0 Å². The fourth-order valence-electron chi connectivity index (χ4n) is 3.25. The molecule has 1 N–H and O–H groups in total. The predicted octanol–water partition coefficient (Wildman–Crippen LogP) is 2.01. The van der Waals surface area contributed by atoms with Gasteiger partial charge in [0.2, 0.25) is 5.91 Å². The Morgan fingerprint density at radius 3 is 2.64 bits per heavy atom. The third-order valence-corrected chi connectivity index (χ3v) is 4.71. The van der Waals surface area contributed by atoms with Crippen LogP contribution in [-0.4, -0.2) is 39.8 Å². The van der Waals surface area contributed by atoms with Crippen LogP contribution in [0.1, 0.15) is 29.3 Å². The third kappa shape index (κ3) is 4.21. The maximum absolute atomic E-state index is 12.4. The fraction of sp³-hybridized carbons (Fsp3) is 0.400. The minimum Gasteiger partial charge on any atom is -0.450 e. The van der Waals surface area contributed by atoms with Crippen LogP contribution in [0.2, 0.25) is 0 Å². The highest BCUT2D eigenvalue weighted by Crippen LogP contribution is 2.19. The zero-order chi connectivity index (χ0) is 20.3. The number of carbonyl (C=O) groups excluding carboxylic acids is 2. The lowest BCUT2D eigenvalue weighted by molar-refractivity contribution is -0.117. The number of hydrogen-bond acceptors (Lipinski definition) is 5. The van der Waals surface area contributed by atoms with E-state index < -0.39 is 6.09 Å². The summed E-state index contributed by atoms with van der Waals surface area (Å²) in [4.78, 5) is 38.3. The molecular weight excluding hydrogens is 360 g/mol. The number of para-hydroxylation sites is 1. The molecule has 1 aromatic heterocycles. The molecule has 0 radical (unpaired) electrons. The molecule has 0 spiro atoms. The monoisotopic (exact) mass is 384 g/mol. The van der Waals surface area contributed by atoms with Gasteiger partial charge >= 0.3 is 6.09 Å². The van der Waals surface area contributed by atoms with E-state index in [-0.39, 0.29) is 24.6 Å². The highest BCUT2D eigenvalue weighted by atomic mass is 16.6. The number of amides is 2. The van der Waals surface area contributed by atoms with Crippen LogP contribution >= 0.6 is 0 Å². The van der Waals surface area contributed by atoms with Gasteiger partial charge in [0.1, 0.15) is 6.54 Å². The van der Waals surface area contributed by atoms with Gasteiger partial charge in [0.05, 0.1) is 18.8 Å². The number of aromatic nitrogens is 2. The molecule has 1 aromatic carbocycles. The number of hydrogen-bond donors (Lipinski definition) is 1. The molecule has 0 atom stereocenters. The Balaban J connectivity index is 1.74. The second-order valence-corrected chi connectivity index (χ2v) is 6.80. The largest absolute Gasteiger partial charge is 0.450 e. The minimum atomic E-state index is -0.398. The van der Waals surface area contributed by atoms with E-state index >= 15 is 0 Å². The first kappa shape index (κ1) is 19.6. The molecule has 0 saturated heterocycles. The summed E-state index contributed by atoms with van der Waals surface area (Å²) in [6.07, 6.45) is 0.109. The fourth-order valence-corrected chi connectivity index (χ4v) is 3.25. The Morgan fingerprint density at radius 2 is 1.96 bits per heavy atom. The van der Waals surface area contributed by atoms with Crippen LogP contribution in [0.4, 0.5) is 10.5 Å². The van der Waals surface area contributed by atoms with Crippen molar-refractivity contribution in [2.75, 3.05) is 18.5 Å². The van der Waals surface area contributed by atoms with E-state index in [1.807, 2.05) is 32.0 Å². The summed E-state index contributed by atoms with van der Waals surface area (Å²) in [6, 6.07) is 7.21. The van der Waals surface area contributed by atoms with E-state index in [0.717, 1.165) is 22.5 Å². The molecule has 28 heavy (non-hydrogen) atoms. The standard InChI is InChI=1S/C20H24N4O4/c1-4-28-20(27)23-9-8-16-15(11-23)10-18(26)24(22-16)12-17(25)21-19-13(2)6-5-7-14(19)3/h5-7,10H,4,8-9,11-12H2,1-3H3,(H,21,25). The molecular formula is C20H24N4O4. The van der Waals surface area contributed by atoms with Gasteiger partial charge in [-0.3, -0.25) is 9.59 Å². The lowest BCUT2D eigenvalue weighted by Gasteiger charge is -2.27. The van der Waals surface area contributed by atoms with Crippen molar-refractivity contribution in [2.24, 2.45) is 0 Å². The number of carbonyl (C=O) groups is 2. The lowest BCUT2D eigenvalue weighted by Crippen LogP contribution is -2.39. The topological polar surface area (TPSA) is 93.5 Å². The van der Waals surface area contributed by atoms with Crippen molar-refractivity contribution in [1.82, 2.24) is 14.7 Å². The number of ether oxygens (including phenoxy) is 1. The summed E-state index contributed by atoms with van der Waals surface area (Å²) >= 11 is 0. The van der Waals surface area contributed by atoms with Crippen molar-refractivity contribution in [1.29, 1.82) is 0 Å². The third-order valence-electron chi connectivity index (χ3n) is 4.71. The summed E-state index contributed by atoms with van der Waals surface area (Å²) in [5.74, 6) is -0.309. The van der Waals surface area contributed by atoms with Crippen LogP contribution < -0.4 is 10.9 Å². The average molecular weight is 384 g/mol. The minimum absolute atomic E-state index is 0.165. The number of nitrogens with zero attached hydrogens (tertiary/aromatic N) is 3. The van der Waals surface area contributed by atoms with Crippen LogP contribution in [0.5, 0.6) is 0 Å². The molecule has 2 heterocycles. The molecule has 0 unspecified atom stereocenters. The van der Waals surface area contributed by atoms with E-state index in [9.17, 15) is 14.4 Å². The molecule has 0 fully saturated rings. The van der Waals surface area contributed by atoms with E-state index in [4.69, 9.17) is 4.74 Å². The van der Waals surface area contributed by atoms with Crippen molar-refractivity contribution in [3.05, 3.63) is 57.0 Å². The van der Waals surface area contributed by atoms with Gasteiger partial charge in [-0.1, -0.05) is 18.2 Å². The summed E-state index contributed by atoms with van der Waals surface area (Å²) in [5.41, 5.74) is 3.71. The van der Waals surface area contributed by atoms with E-state index in [1.54, 1.807) is 11.8 Å². The number of aryl methyl sites for hydroxylation is 2. The Hall–Kier alpha value is -3.16. The first-order chi connectivity index (χ1) is 13.4. The highest BCUT2D eigenvalue weighted by molar-refractivity contribution is 5.92. The molecule has 3 rings (SSSR count). The van der Waals surface area contributed by atoms with Gasteiger partial charge in [-0.25, -0.2) is 9.48 Å². The zero-order valence-corrected chi connectivity index (χ0v) is 16.3. The summed E-state index contributed by atoms with van der Waals surface area (Å²) < 4.78 is 6.18. The second kappa shape index (κ2) is 8.24. The van der Waals surface area contributed by atoms with Crippen LogP contribution in [0, 0.1) is 13.8 Å². The second-order valence-electron chi connectivity index (χ2n) is 6.80. The van der Waals surface area contributed by atoms with E-state index in [0.29, 0.717) is 25.1 Å². The molecule has 148 valence electrons. The molecule has 1 aliphatic rings. The van der Waals surface area contributed by atoms with Gasteiger partial charge in [-0.2, -0.15) is 5.10 Å². The van der Waals surface area contributed by atoms with Gasteiger partial charge in [0.25, 0.3) is 5.56 Å². The molecule has 0 saturated carbocycles. The number of fused-ring (bicyclic) bond motifs is 1. The molecule has 0 aliphatic carbocycles. The number of rotatable bonds is 4. The molecule has 0 bridgehead atoms. The first-order valence-corrected chi connectivity index (χ1v) is 9.26. The number of nitrogens with one attached hydrogen (secondary N) is 1. The molecule has 2 amide bonds.